The van der Waals surface area contributed by atoms with Gasteiger partial charge in [-0.05, 0) is 50.4 Å². The summed E-state index contributed by atoms with van der Waals surface area (Å²) in [6, 6.07) is 0. The highest BCUT2D eigenvalue weighted by Crippen LogP contribution is 2.45. The zero-order chi connectivity index (χ0) is 14.9. The predicted molar refractivity (Wildman–Crippen MR) is 79.8 cm³/mol. The molecule has 2 atom stereocenters. The summed E-state index contributed by atoms with van der Waals surface area (Å²) in [5.74, 6) is -0.838. The van der Waals surface area contributed by atoms with Gasteiger partial charge in [0, 0.05) is 19.0 Å². The van der Waals surface area contributed by atoms with Gasteiger partial charge in [-0.1, -0.05) is 19.3 Å². The van der Waals surface area contributed by atoms with E-state index in [0.29, 0.717) is 18.3 Å². The van der Waals surface area contributed by atoms with E-state index in [1.807, 2.05) is 4.90 Å². The van der Waals surface area contributed by atoms with Crippen molar-refractivity contribution in [2.24, 2.45) is 17.3 Å². The molecule has 118 valence electrons. The molecule has 0 aromatic heterocycles. The van der Waals surface area contributed by atoms with Gasteiger partial charge in [-0.2, -0.15) is 0 Å². The van der Waals surface area contributed by atoms with Crippen LogP contribution in [0.25, 0.3) is 0 Å². The lowest BCUT2D eigenvalue weighted by Crippen LogP contribution is -2.45. The van der Waals surface area contributed by atoms with Crippen molar-refractivity contribution in [3.63, 3.8) is 0 Å². The van der Waals surface area contributed by atoms with Crippen LogP contribution in [-0.2, 0) is 9.59 Å². The van der Waals surface area contributed by atoms with Gasteiger partial charge in [-0.15, -0.1) is 0 Å². The Balaban J connectivity index is 1.52. The highest BCUT2D eigenvalue weighted by atomic mass is 16.4. The van der Waals surface area contributed by atoms with Gasteiger partial charge >= 0.3 is 5.97 Å². The number of piperidine rings is 1. The highest BCUT2D eigenvalue weighted by molar-refractivity contribution is 5.81. The van der Waals surface area contributed by atoms with E-state index in [9.17, 15) is 9.59 Å². The Morgan fingerprint density at radius 1 is 0.905 bits per heavy atom. The standard InChI is InChI=1S/C17H27NO3/c19-15(13-4-5-14(12-13)16(20)21)18-10-8-17(9-11-18)6-2-1-3-7-17/h13-14H,1-12H2,(H,20,21). The van der Waals surface area contributed by atoms with Crippen molar-refractivity contribution in [2.75, 3.05) is 13.1 Å². The smallest absolute Gasteiger partial charge is 0.306 e. The Hall–Kier alpha value is -1.06. The number of likely N-dealkylation sites (tertiary alicyclic amines) is 1. The van der Waals surface area contributed by atoms with Crippen LogP contribution in [0.1, 0.15) is 64.2 Å². The maximum Gasteiger partial charge on any atom is 0.306 e. The zero-order valence-electron chi connectivity index (χ0n) is 12.9. The quantitative estimate of drug-likeness (QED) is 0.851. The molecule has 0 bridgehead atoms. The van der Waals surface area contributed by atoms with E-state index in [0.717, 1.165) is 32.4 Å². The van der Waals surface area contributed by atoms with Gasteiger partial charge in [0.25, 0.3) is 0 Å². The van der Waals surface area contributed by atoms with E-state index < -0.39 is 5.97 Å². The van der Waals surface area contributed by atoms with Crippen molar-refractivity contribution in [2.45, 2.75) is 64.2 Å². The first-order valence-electron chi connectivity index (χ1n) is 8.61. The van der Waals surface area contributed by atoms with Gasteiger partial charge < -0.3 is 10.0 Å². The topological polar surface area (TPSA) is 57.6 Å². The molecule has 2 unspecified atom stereocenters. The van der Waals surface area contributed by atoms with E-state index in [-0.39, 0.29) is 17.7 Å². The van der Waals surface area contributed by atoms with Crippen LogP contribution in [0.15, 0.2) is 0 Å². The summed E-state index contributed by atoms with van der Waals surface area (Å²) in [5, 5.41) is 9.06. The lowest BCUT2D eigenvalue weighted by molar-refractivity contribution is -0.142. The van der Waals surface area contributed by atoms with Gasteiger partial charge in [0.15, 0.2) is 0 Å². The lowest BCUT2D eigenvalue weighted by Gasteiger charge is -2.44. The summed E-state index contributed by atoms with van der Waals surface area (Å²) >= 11 is 0. The number of rotatable bonds is 2. The average Bonchev–Trinajstić information content (AvgIpc) is 2.98. The second-order valence-corrected chi connectivity index (χ2v) is 7.43. The minimum absolute atomic E-state index is 0.0356. The number of hydrogen-bond acceptors (Lipinski definition) is 2. The third-order valence-corrected chi connectivity index (χ3v) is 6.18. The first-order valence-corrected chi connectivity index (χ1v) is 8.61. The minimum Gasteiger partial charge on any atom is -0.481 e. The molecule has 3 rings (SSSR count). The summed E-state index contributed by atoms with van der Waals surface area (Å²) < 4.78 is 0. The number of amides is 1. The van der Waals surface area contributed by atoms with Gasteiger partial charge in [-0.25, -0.2) is 0 Å². The maximum atomic E-state index is 12.6. The van der Waals surface area contributed by atoms with Crippen LogP contribution in [0.5, 0.6) is 0 Å². The molecule has 1 heterocycles. The number of hydrogen-bond donors (Lipinski definition) is 1. The lowest BCUT2D eigenvalue weighted by atomic mass is 9.68. The van der Waals surface area contributed by atoms with Gasteiger partial charge in [0.1, 0.15) is 0 Å². The summed E-state index contributed by atoms with van der Waals surface area (Å²) in [7, 11) is 0. The molecule has 3 aliphatic rings. The van der Waals surface area contributed by atoms with Gasteiger partial charge in [0.05, 0.1) is 5.92 Å². The largest absolute Gasteiger partial charge is 0.481 e. The molecule has 0 aromatic rings. The molecule has 2 saturated carbocycles. The summed E-state index contributed by atoms with van der Waals surface area (Å²) in [5.41, 5.74) is 0.522. The Morgan fingerprint density at radius 3 is 2.10 bits per heavy atom. The molecule has 0 radical (unpaired) electrons. The first-order chi connectivity index (χ1) is 10.1. The van der Waals surface area contributed by atoms with E-state index in [4.69, 9.17) is 5.11 Å². The Bertz CT molecular complexity index is 404. The van der Waals surface area contributed by atoms with Crippen LogP contribution in [0.2, 0.25) is 0 Å². The Labute approximate surface area is 126 Å². The summed E-state index contributed by atoms with van der Waals surface area (Å²) in [6.45, 7) is 1.79. The normalized spacial score (nSPS) is 32.3. The van der Waals surface area contributed by atoms with Gasteiger partial charge in [-0.3, -0.25) is 9.59 Å². The van der Waals surface area contributed by atoms with Gasteiger partial charge in [0.2, 0.25) is 5.91 Å². The predicted octanol–water partition coefficient (Wildman–Crippen LogP) is 3.06. The molecule has 1 spiro atoms. The van der Waals surface area contributed by atoms with Crippen molar-refractivity contribution in [1.29, 1.82) is 0 Å². The molecule has 1 amide bonds. The minimum atomic E-state index is -0.731. The molecule has 1 saturated heterocycles. The molecule has 1 N–H and O–H groups in total. The first kappa shape index (κ1) is 14.9. The molecule has 4 heteroatoms. The fourth-order valence-corrected chi connectivity index (χ4v) is 4.69. The number of carboxylic acids is 1. The highest BCUT2D eigenvalue weighted by Gasteiger charge is 2.40. The zero-order valence-corrected chi connectivity index (χ0v) is 12.9. The molecule has 4 nitrogen and oxygen atoms in total. The van der Waals surface area contributed by atoms with Crippen molar-refractivity contribution in [3.05, 3.63) is 0 Å². The van der Waals surface area contributed by atoms with E-state index in [1.54, 1.807) is 0 Å². The van der Waals surface area contributed by atoms with Crippen LogP contribution in [0.4, 0.5) is 0 Å². The van der Waals surface area contributed by atoms with Crippen LogP contribution in [0, 0.1) is 17.3 Å². The molecule has 0 aromatic carbocycles. The average molecular weight is 293 g/mol. The third-order valence-electron chi connectivity index (χ3n) is 6.18. The van der Waals surface area contributed by atoms with Crippen molar-refractivity contribution in [1.82, 2.24) is 4.90 Å². The number of aliphatic carboxylic acids is 1. The van der Waals surface area contributed by atoms with Crippen molar-refractivity contribution in [3.8, 4) is 0 Å². The number of carbonyl (C=O) groups is 2. The number of carboxylic acid groups (broad SMARTS) is 1. The van der Waals surface area contributed by atoms with Crippen LogP contribution < -0.4 is 0 Å². The fourth-order valence-electron chi connectivity index (χ4n) is 4.69. The SMILES string of the molecule is O=C(O)C1CCC(C(=O)N2CCC3(CCCCC3)CC2)C1. The van der Waals surface area contributed by atoms with Crippen molar-refractivity contribution < 1.29 is 14.7 Å². The molecular weight excluding hydrogens is 266 g/mol. The molecular formula is C17H27NO3. The number of carbonyl (C=O) groups excluding carboxylic acids is 1. The van der Waals surface area contributed by atoms with Crippen LogP contribution in [0.3, 0.4) is 0 Å². The fraction of sp³-hybridized carbons (Fsp3) is 0.882. The Kier molecular flexibility index (Phi) is 4.23. The number of nitrogens with zero attached hydrogens (tertiary/aromatic N) is 1. The monoisotopic (exact) mass is 293 g/mol. The molecule has 3 fully saturated rings. The Morgan fingerprint density at radius 2 is 1.52 bits per heavy atom. The second-order valence-electron chi connectivity index (χ2n) is 7.43. The van der Waals surface area contributed by atoms with Crippen LogP contribution >= 0.6 is 0 Å². The van der Waals surface area contributed by atoms with E-state index in [2.05, 4.69) is 0 Å². The summed E-state index contributed by atoms with van der Waals surface area (Å²) in [6.07, 6.45) is 11.1. The molecule has 21 heavy (non-hydrogen) atoms. The maximum absolute atomic E-state index is 12.6. The second kappa shape index (κ2) is 5.98. The van der Waals surface area contributed by atoms with Crippen LogP contribution in [-0.4, -0.2) is 35.0 Å². The van der Waals surface area contributed by atoms with E-state index >= 15 is 0 Å². The molecule has 2 aliphatic carbocycles. The van der Waals surface area contributed by atoms with E-state index in [1.165, 1.54) is 32.1 Å². The summed E-state index contributed by atoms with van der Waals surface area (Å²) in [4.78, 5) is 25.6. The third kappa shape index (κ3) is 3.09. The van der Waals surface area contributed by atoms with Crippen molar-refractivity contribution >= 4 is 11.9 Å². The molecule has 1 aliphatic heterocycles.